The van der Waals surface area contributed by atoms with E-state index in [4.69, 9.17) is 11.6 Å². The van der Waals surface area contributed by atoms with Crippen molar-refractivity contribution in [1.82, 2.24) is 15.5 Å². The molecule has 4 nitrogen and oxygen atoms in total. The van der Waals surface area contributed by atoms with Gasteiger partial charge in [0.2, 0.25) is 0 Å². The Morgan fingerprint density at radius 1 is 1.44 bits per heavy atom. The van der Waals surface area contributed by atoms with Crippen LogP contribution in [0.3, 0.4) is 0 Å². The van der Waals surface area contributed by atoms with Crippen LogP contribution in [-0.2, 0) is 6.42 Å². The molecule has 0 radical (unpaired) electrons. The Morgan fingerprint density at radius 2 is 2.11 bits per heavy atom. The first-order valence-electron chi connectivity index (χ1n) is 6.21. The molecule has 0 aliphatic heterocycles. The van der Waals surface area contributed by atoms with Crippen LogP contribution in [0.1, 0.15) is 42.5 Å². The van der Waals surface area contributed by atoms with Gasteiger partial charge in [0, 0.05) is 6.54 Å². The number of rotatable bonds is 5. The predicted octanol–water partition coefficient (Wildman–Crippen LogP) is 2.34. The average molecular weight is 270 g/mol. The van der Waals surface area contributed by atoms with Gasteiger partial charge >= 0.3 is 0 Å². The number of hydrogen-bond donors (Lipinski definition) is 1. The number of carbonyl (C=O) groups excluding carboxylic acids is 1. The summed E-state index contributed by atoms with van der Waals surface area (Å²) in [5, 5.41) is 10.8. The third-order valence-corrected chi connectivity index (χ3v) is 3.41. The van der Waals surface area contributed by atoms with Gasteiger partial charge in [0.15, 0.2) is 0 Å². The van der Waals surface area contributed by atoms with Crippen LogP contribution in [0.2, 0.25) is 0 Å². The summed E-state index contributed by atoms with van der Waals surface area (Å²) in [7, 11) is 0. The van der Waals surface area contributed by atoms with Crippen molar-refractivity contribution in [3.05, 3.63) is 23.0 Å². The van der Waals surface area contributed by atoms with Crippen molar-refractivity contribution in [2.75, 3.05) is 6.54 Å². The van der Waals surface area contributed by atoms with Crippen LogP contribution in [0, 0.1) is 12.8 Å². The quantitative estimate of drug-likeness (QED) is 0.835. The fraction of sp³-hybridized carbons (Fsp3) is 0.615. The highest BCUT2D eigenvalue weighted by molar-refractivity contribution is 6.21. The standard InChI is InChI=1S/C13H20ClN3O/c1-5-12-10(6-9(4)16-17-12)13(18)15-7-11(14)8(2)3/h6,8,11H,5,7H2,1-4H3,(H,15,18). The molecule has 18 heavy (non-hydrogen) atoms. The zero-order valence-corrected chi connectivity index (χ0v) is 12.1. The van der Waals surface area contributed by atoms with E-state index in [1.807, 2.05) is 27.7 Å². The van der Waals surface area contributed by atoms with Crippen molar-refractivity contribution in [2.24, 2.45) is 5.92 Å². The molecule has 1 N–H and O–H groups in total. The van der Waals surface area contributed by atoms with Gasteiger partial charge in [0.05, 0.1) is 22.3 Å². The molecule has 1 aromatic rings. The second-order valence-corrected chi connectivity index (χ2v) is 5.23. The molecule has 0 fully saturated rings. The number of carbonyl (C=O) groups is 1. The molecule has 5 heteroatoms. The van der Waals surface area contributed by atoms with Gasteiger partial charge in [0.1, 0.15) is 0 Å². The van der Waals surface area contributed by atoms with E-state index in [0.29, 0.717) is 30.1 Å². The first-order chi connectivity index (χ1) is 8.45. The first kappa shape index (κ1) is 14.9. The van der Waals surface area contributed by atoms with Crippen molar-refractivity contribution in [1.29, 1.82) is 0 Å². The highest BCUT2D eigenvalue weighted by Gasteiger charge is 2.15. The highest BCUT2D eigenvalue weighted by Crippen LogP contribution is 2.10. The smallest absolute Gasteiger partial charge is 0.253 e. The van der Waals surface area contributed by atoms with E-state index < -0.39 is 0 Å². The number of nitrogens with one attached hydrogen (secondary N) is 1. The number of aromatic nitrogens is 2. The van der Waals surface area contributed by atoms with Gasteiger partial charge in [-0.3, -0.25) is 4.79 Å². The minimum absolute atomic E-state index is 0.0603. The van der Waals surface area contributed by atoms with E-state index >= 15 is 0 Å². The zero-order valence-electron chi connectivity index (χ0n) is 11.3. The van der Waals surface area contributed by atoms with E-state index in [0.717, 1.165) is 5.69 Å². The molecule has 1 rings (SSSR count). The van der Waals surface area contributed by atoms with Crippen LogP contribution in [-0.4, -0.2) is 28.0 Å². The Balaban J connectivity index is 2.75. The van der Waals surface area contributed by atoms with Crippen LogP contribution in [0.4, 0.5) is 0 Å². The van der Waals surface area contributed by atoms with Crippen LogP contribution in [0.15, 0.2) is 6.07 Å². The summed E-state index contributed by atoms with van der Waals surface area (Å²) in [4.78, 5) is 12.1. The normalized spacial score (nSPS) is 12.6. The molecule has 1 atom stereocenters. The lowest BCUT2D eigenvalue weighted by Gasteiger charge is -2.14. The maximum atomic E-state index is 12.1. The molecule has 1 unspecified atom stereocenters. The topological polar surface area (TPSA) is 54.9 Å². The molecule has 0 aromatic carbocycles. The van der Waals surface area contributed by atoms with Crippen molar-refractivity contribution in [3.63, 3.8) is 0 Å². The van der Waals surface area contributed by atoms with Gasteiger partial charge in [-0.1, -0.05) is 20.8 Å². The van der Waals surface area contributed by atoms with Crippen molar-refractivity contribution in [2.45, 2.75) is 39.5 Å². The number of alkyl halides is 1. The van der Waals surface area contributed by atoms with E-state index in [2.05, 4.69) is 15.5 Å². The van der Waals surface area contributed by atoms with Gasteiger partial charge < -0.3 is 5.32 Å². The fourth-order valence-electron chi connectivity index (χ4n) is 1.49. The zero-order chi connectivity index (χ0) is 13.7. The van der Waals surface area contributed by atoms with Crippen molar-refractivity contribution < 1.29 is 4.79 Å². The molecular formula is C13H20ClN3O. The number of nitrogens with zero attached hydrogens (tertiary/aromatic N) is 2. The predicted molar refractivity (Wildman–Crippen MR) is 73.0 cm³/mol. The fourth-order valence-corrected chi connectivity index (χ4v) is 1.57. The lowest BCUT2D eigenvalue weighted by Crippen LogP contribution is -2.32. The first-order valence-corrected chi connectivity index (χ1v) is 6.64. The lowest BCUT2D eigenvalue weighted by atomic mass is 10.1. The number of aryl methyl sites for hydroxylation is 2. The summed E-state index contributed by atoms with van der Waals surface area (Å²) in [6.07, 6.45) is 0.685. The molecule has 0 aliphatic carbocycles. The van der Waals surface area contributed by atoms with Crippen LogP contribution in [0.25, 0.3) is 0 Å². The summed E-state index contributed by atoms with van der Waals surface area (Å²) in [6, 6.07) is 1.76. The van der Waals surface area contributed by atoms with Crippen LogP contribution in [0.5, 0.6) is 0 Å². The van der Waals surface area contributed by atoms with Gasteiger partial charge in [-0.25, -0.2) is 0 Å². The highest BCUT2D eigenvalue weighted by atomic mass is 35.5. The molecule has 0 bridgehead atoms. The van der Waals surface area contributed by atoms with E-state index in [1.165, 1.54) is 0 Å². The van der Waals surface area contributed by atoms with E-state index in [-0.39, 0.29) is 11.3 Å². The van der Waals surface area contributed by atoms with E-state index in [1.54, 1.807) is 6.07 Å². The summed E-state index contributed by atoms with van der Waals surface area (Å²) >= 11 is 6.11. The third-order valence-electron chi connectivity index (χ3n) is 2.75. The lowest BCUT2D eigenvalue weighted by molar-refractivity contribution is 0.0950. The molecule has 0 saturated heterocycles. The van der Waals surface area contributed by atoms with E-state index in [9.17, 15) is 4.79 Å². The minimum atomic E-state index is -0.129. The molecule has 1 heterocycles. The van der Waals surface area contributed by atoms with Crippen LogP contribution < -0.4 is 5.32 Å². The van der Waals surface area contributed by atoms with Gasteiger partial charge in [-0.2, -0.15) is 10.2 Å². The number of amides is 1. The summed E-state index contributed by atoms with van der Waals surface area (Å²) in [5.74, 6) is 0.200. The third kappa shape index (κ3) is 3.95. The minimum Gasteiger partial charge on any atom is -0.350 e. The monoisotopic (exact) mass is 269 g/mol. The second kappa shape index (κ2) is 6.69. The largest absolute Gasteiger partial charge is 0.350 e. The summed E-state index contributed by atoms with van der Waals surface area (Å²) < 4.78 is 0. The molecular weight excluding hydrogens is 250 g/mol. The Bertz CT molecular complexity index is 421. The molecule has 0 spiro atoms. The Hall–Kier alpha value is -1.16. The van der Waals surface area contributed by atoms with Crippen molar-refractivity contribution >= 4 is 17.5 Å². The number of halogens is 1. The maximum Gasteiger partial charge on any atom is 0.253 e. The molecule has 0 aliphatic rings. The average Bonchev–Trinajstić information content (AvgIpc) is 2.35. The van der Waals surface area contributed by atoms with Crippen molar-refractivity contribution in [3.8, 4) is 0 Å². The Kier molecular flexibility index (Phi) is 5.54. The number of hydrogen-bond acceptors (Lipinski definition) is 3. The summed E-state index contributed by atoms with van der Waals surface area (Å²) in [5.41, 5.74) is 2.05. The summed E-state index contributed by atoms with van der Waals surface area (Å²) in [6.45, 7) is 8.29. The van der Waals surface area contributed by atoms with Crippen LogP contribution >= 0.6 is 11.6 Å². The maximum absolute atomic E-state index is 12.1. The Morgan fingerprint density at radius 3 is 2.67 bits per heavy atom. The van der Waals surface area contributed by atoms with Gasteiger partial charge in [-0.15, -0.1) is 11.6 Å². The Labute approximate surface area is 113 Å². The molecule has 1 amide bonds. The van der Waals surface area contributed by atoms with Gasteiger partial charge in [-0.05, 0) is 25.3 Å². The molecule has 1 aromatic heterocycles. The molecule has 0 saturated carbocycles. The van der Waals surface area contributed by atoms with Gasteiger partial charge in [0.25, 0.3) is 5.91 Å². The SMILES string of the molecule is CCc1nnc(C)cc1C(=O)NCC(Cl)C(C)C. The molecule has 100 valence electrons. The second-order valence-electron chi connectivity index (χ2n) is 4.67.